The van der Waals surface area contributed by atoms with Gasteiger partial charge in [-0.05, 0) is 25.0 Å². The first-order chi connectivity index (χ1) is 11.8. The van der Waals surface area contributed by atoms with Crippen molar-refractivity contribution in [3.05, 3.63) is 29.3 Å². The largest absolute Gasteiger partial charge is 0.487 e. The standard InChI is InChI=1S/C17H23ClN2O4S/c1-25(22,23)12-17(7-8-17)11-19-16(21)20-9-6-13(10-20)24-15-5-3-2-4-14(15)18/h2-5,13H,6-12H2,1H3,(H,19,21). The highest BCUT2D eigenvalue weighted by molar-refractivity contribution is 7.90. The van der Waals surface area contributed by atoms with Gasteiger partial charge in [-0.15, -0.1) is 0 Å². The van der Waals surface area contributed by atoms with Crippen LogP contribution < -0.4 is 10.1 Å². The molecular weight excluding hydrogens is 364 g/mol. The van der Waals surface area contributed by atoms with Gasteiger partial charge in [-0.1, -0.05) is 23.7 Å². The number of urea groups is 1. The van der Waals surface area contributed by atoms with E-state index in [1.807, 2.05) is 18.2 Å². The fourth-order valence-corrected chi connectivity index (χ4v) is 4.89. The van der Waals surface area contributed by atoms with Crippen LogP contribution in [0.4, 0.5) is 4.79 Å². The normalized spacial score (nSPS) is 21.8. The minimum Gasteiger partial charge on any atom is -0.487 e. The number of benzene rings is 1. The molecule has 2 aliphatic rings. The first-order valence-electron chi connectivity index (χ1n) is 8.38. The molecule has 1 aliphatic carbocycles. The van der Waals surface area contributed by atoms with Crippen LogP contribution in [0.25, 0.3) is 0 Å². The smallest absolute Gasteiger partial charge is 0.317 e. The van der Waals surface area contributed by atoms with Gasteiger partial charge in [0.1, 0.15) is 21.7 Å². The Morgan fingerprint density at radius 2 is 2.12 bits per heavy atom. The quantitative estimate of drug-likeness (QED) is 0.814. The van der Waals surface area contributed by atoms with Crippen LogP contribution in [0.1, 0.15) is 19.3 Å². The molecule has 1 atom stereocenters. The lowest BCUT2D eigenvalue weighted by molar-refractivity contribution is 0.186. The second-order valence-electron chi connectivity index (χ2n) is 7.13. The lowest BCUT2D eigenvalue weighted by Gasteiger charge is -2.21. The average Bonchev–Trinajstić information content (AvgIpc) is 3.11. The fraction of sp³-hybridized carbons (Fsp3) is 0.588. The molecule has 2 fully saturated rings. The molecule has 3 rings (SSSR count). The highest BCUT2D eigenvalue weighted by Crippen LogP contribution is 2.46. The third-order valence-corrected chi connectivity index (χ3v) is 6.15. The topological polar surface area (TPSA) is 75.7 Å². The van der Waals surface area contributed by atoms with Gasteiger partial charge in [0.25, 0.3) is 0 Å². The van der Waals surface area contributed by atoms with E-state index < -0.39 is 9.84 Å². The van der Waals surface area contributed by atoms with Gasteiger partial charge >= 0.3 is 6.03 Å². The minimum atomic E-state index is -3.03. The summed E-state index contributed by atoms with van der Waals surface area (Å²) in [6, 6.07) is 7.12. The lowest BCUT2D eigenvalue weighted by Crippen LogP contribution is -2.42. The average molecular weight is 387 g/mol. The van der Waals surface area contributed by atoms with Gasteiger partial charge in [-0.2, -0.15) is 0 Å². The number of likely N-dealkylation sites (tertiary alicyclic amines) is 1. The van der Waals surface area contributed by atoms with Crippen LogP contribution in [0.5, 0.6) is 5.75 Å². The Kier molecular flexibility index (Phi) is 5.16. The molecule has 8 heteroatoms. The Morgan fingerprint density at radius 1 is 1.40 bits per heavy atom. The lowest BCUT2D eigenvalue weighted by atomic mass is 10.1. The number of sulfone groups is 1. The molecule has 1 unspecified atom stereocenters. The van der Waals surface area contributed by atoms with E-state index in [0.717, 1.165) is 19.3 Å². The maximum atomic E-state index is 12.3. The summed E-state index contributed by atoms with van der Waals surface area (Å²) in [7, 11) is -3.03. The highest BCUT2D eigenvalue weighted by atomic mass is 35.5. The van der Waals surface area contributed by atoms with E-state index >= 15 is 0 Å². The second kappa shape index (κ2) is 7.03. The first kappa shape index (κ1) is 18.3. The summed E-state index contributed by atoms with van der Waals surface area (Å²) >= 11 is 6.09. The van der Waals surface area contributed by atoms with Crippen molar-refractivity contribution in [2.24, 2.45) is 5.41 Å². The molecule has 0 aromatic heterocycles. The fourth-order valence-electron chi connectivity index (χ4n) is 3.21. The Morgan fingerprint density at radius 3 is 2.76 bits per heavy atom. The van der Waals surface area contributed by atoms with Gasteiger partial charge in [-0.25, -0.2) is 13.2 Å². The van der Waals surface area contributed by atoms with Crippen molar-refractivity contribution in [3.8, 4) is 5.75 Å². The zero-order valence-corrected chi connectivity index (χ0v) is 15.8. The predicted molar refractivity (Wildman–Crippen MR) is 96.8 cm³/mol. The van der Waals surface area contributed by atoms with E-state index in [2.05, 4.69) is 5.32 Å². The molecule has 1 aromatic carbocycles. The van der Waals surface area contributed by atoms with Gasteiger partial charge in [0.05, 0.1) is 17.3 Å². The van der Waals surface area contributed by atoms with E-state index in [1.54, 1.807) is 11.0 Å². The van der Waals surface area contributed by atoms with E-state index in [1.165, 1.54) is 6.26 Å². The highest BCUT2D eigenvalue weighted by Gasteiger charge is 2.45. The summed E-state index contributed by atoms with van der Waals surface area (Å²) in [5.74, 6) is 0.764. The van der Waals surface area contributed by atoms with Crippen LogP contribution in [0.2, 0.25) is 5.02 Å². The zero-order valence-electron chi connectivity index (χ0n) is 14.2. The maximum Gasteiger partial charge on any atom is 0.317 e. The Bertz CT molecular complexity index is 749. The van der Waals surface area contributed by atoms with Gasteiger partial charge < -0.3 is 15.0 Å². The zero-order chi connectivity index (χ0) is 18.1. The number of carbonyl (C=O) groups excluding carboxylic acids is 1. The molecule has 0 radical (unpaired) electrons. The minimum absolute atomic E-state index is 0.0865. The molecule has 6 nitrogen and oxygen atoms in total. The van der Waals surface area contributed by atoms with Crippen molar-refractivity contribution < 1.29 is 17.9 Å². The van der Waals surface area contributed by atoms with E-state index in [-0.39, 0.29) is 23.3 Å². The number of ether oxygens (including phenoxy) is 1. The van der Waals surface area contributed by atoms with Crippen LogP contribution in [0, 0.1) is 5.41 Å². The molecule has 2 amide bonds. The van der Waals surface area contributed by atoms with Crippen molar-refractivity contribution in [3.63, 3.8) is 0 Å². The number of hydrogen-bond donors (Lipinski definition) is 1. The van der Waals surface area contributed by atoms with E-state index in [0.29, 0.717) is 30.4 Å². The number of carbonyl (C=O) groups is 1. The summed E-state index contributed by atoms with van der Waals surface area (Å²) in [6.45, 7) is 1.52. The molecule has 0 spiro atoms. The molecule has 0 bridgehead atoms. The number of nitrogens with zero attached hydrogens (tertiary/aromatic N) is 1. The van der Waals surface area contributed by atoms with E-state index in [9.17, 15) is 13.2 Å². The molecule has 1 saturated carbocycles. The van der Waals surface area contributed by atoms with E-state index in [4.69, 9.17) is 16.3 Å². The van der Waals surface area contributed by atoms with Crippen molar-refractivity contribution in [1.29, 1.82) is 0 Å². The van der Waals surface area contributed by atoms with Crippen LogP contribution in [0.15, 0.2) is 24.3 Å². The molecule has 1 saturated heterocycles. The number of para-hydroxylation sites is 1. The molecule has 25 heavy (non-hydrogen) atoms. The Hall–Kier alpha value is -1.47. The van der Waals surface area contributed by atoms with Crippen molar-refractivity contribution in [1.82, 2.24) is 10.2 Å². The summed E-state index contributed by atoms with van der Waals surface area (Å²) in [5.41, 5.74) is -0.267. The monoisotopic (exact) mass is 386 g/mol. The maximum absolute atomic E-state index is 12.3. The summed E-state index contributed by atoms with van der Waals surface area (Å²) in [6.07, 6.45) is 3.59. The van der Waals surface area contributed by atoms with Gasteiger partial charge in [0, 0.05) is 31.2 Å². The molecule has 138 valence electrons. The van der Waals surface area contributed by atoms with Crippen molar-refractivity contribution >= 4 is 27.5 Å². The third-order valence-electron chi connectivity index (χ3n) is 4.70. The Balaban J connectivity index is 1.47. The summed E-state index contributed by atoms with van der Waals surface area (Å²) in [4.78, 5) is 14.0. The molecule has 1 heterocycles. The SMILES string of the molecule is CS(=O)(=O)CC1(CNC(=O)N2CCC(Oc3ccccc3Cl)C2)CC1. The number of halogens is 1. The van der Waals surface area contributed by atoms with Crippen molar-refractivity contribution in [2.45, 2.75) is 25.4 Å². The molecule has 1 aromatic rings. The number of nitrogens with one attached hydrogen (secondary N) is 1. The number of amides is 2. The van der Waals surface area contributed by atoms with Crippen LogP contribution in [0.3, 0.4) is 0 Å². The molecule has 1 N–H and O–H groups in total. The third kappa shape index (κ3) is 5.01. The number of hydrogen-bond acceptors (Lipinski definition) is 4. The van der Waals surface area contributed by atoms with Gasteiger partial charge in [0.15, 0.2) is 0 Å². The number of rotatable bonds is 6. The van der Waals surface area contributed by atoms with Gasteiger partial charge in [-0.3, -0.25) is 0 Å². The molecule has 1 aliphatic heterocycles. The first-order valence-corrected chi connectivity index (χ1v) is 10.8. The van der Waals surface area contributed by atoms with Crippen LogP contribution in [-0.4, -0.2) is 57.1 Å². The summed E-state index contributed by atoms with van der Waals surface area (Å²) in [5, 5.41) is 3.44. The van der Waals surface area contributed by atoms with Crippen molar-refractivity contribution in [2.75, 3.05) is 31.6 Å². The van der Waals surface area contributed by atoms with Crippen LogP contribution in [-0.2, 0) is 9.84 Å². The molecular formula is C17H23ClN2O4S. The Labute approximate surface area is 153 Å². The summed E-state index contributed by atoms with van der Waals surface area (Å²) < 4.78 is 28.8. The second-order valence-corrected chi connectivity index (χ2v) is 9.68. The predicted octanol–water partition coefficient (Wildman–Crippen LogP) is 2.33. The van der Waals surface area contributed by atoms with Gasteiger partial charge in [0.2, 0.25) is 0 Å². The van der Waals surface area contributed by atoms with Crippen LogP contribution >= 0.6 is 11.6 Å².